The average Bonchev–Trinajstić information content (AvgIpc) is 3.15. The highest BCUT2D eigenvalue weighted by Gasteiger charge is 2.31. The summed E-state index contributed by atoms with van der Waals surface area (Å²) in [6, 6.07) is 2.18. The molecule has 1 aromatic rings. The molecule has 0 aliphatic heterocycles. The molecule has 2 rings (SSSR count). The molecule has 120 valence electrons. The third-order valence-corrected chi connectivity index (χ3v) is 5.50. The number of rotatable bonds is 8. The Labute approximate surface area is 128 Å². The van der Waals surface area contributed by atoms with Crippen molar-refractivity contribution in [2.24, 2.45) is 5.92 Å². The van der Waals surface area contributed by atoms with E-state index in [1.165, 1.54) is 0 Å². The first-order chi connectivity index (χ1) is 9.83. The lowest BCUT2D eigenvalue weighted by molar-refractivity contribution is 0.538. The number of hydrogen-bond acceptors (Lipinski definition) is 3. The maximum absolute atomic E-state index is 12.4. The predicted octanol–water partition coefficient (Wildman–Crippen LogP) is 2.08. The maximum Gasteiger partial charge on any atom is 0.242 e. The van der Waals surface area contributed by atoms with Crippen molar-refractivity contribution >= 4 is 10.0 Å². The predicted molar refractivity (Wildman–Crippen MR) is 84.6 cm³/mol. The van der Waals surface area contributed by atoms with Crippen molar-refractivity contribution in [1.82, 2.24) is 14.6 Å². The second kappa shape index (κ2) is 6.50. The Balaban J connectivity index is 2.14. The van der Waals surface area contributed by atoms with Crippen molar-refractivity contribution in [2.45, 2.75) is 70.6 Å². The highest BCUT2D eigenvalue weighted by atomic mass is 32.2. The summed E-state index contributed by atoms with van der Waals surface area (Å²) in [6.45, 7) is 9.58. The molecule has 0 amide bonds. The zero-order valence-corrected chi connectivity index (χ0v) is 14.2. The Morgan fingerprint density at radius 2 is 2.00 bits per heavy atom. The summed E-state index contributed by atoms with van der Waals surface area (Å²) in [5.74, 6) is 0.509. The first kappa shape index (κ1) is 16.5. The van der Waals surface area contributed by atoms with Crippen LogP contribution in [0.4, 0.5) is 0 Å². The minimum Gasteiger partial charge on any atom is -0.349 e. The van der Waals surface area contributed by atoms with Gasteiger partial charge in [0.1, 0.15) is 0 Å². The van der Waals surface area contributed by atoms with E-state index in [0.29, 0.717) is 23.4 Å². The second-order valence-corrected chi connectivity index (χ2v) is 7.95. The molecule has 0 bridgehead atoms. The van der Waals surface area contributed by atoms with Crippen LogP contribution in [0.2, 0.25) is 0 Å². The van der Waals surface area contributed by atoms with Gasteiger partial charge in [-0.3, -0.25) is 0 Å². The molecule has 1 aromatic heterocycles. The lowest BCUT2D eigenvalue weighted by atomic mass is 10.2. The van der Waals surface area contributed by atoms with Crippen LogP contribution in [0.3, 0.4) is 0 Å². The van der Waals surface area contributed by atoms with Crippen molar-refractivity contribution in [3.8, 4) is 0 Å². The fourth-order valence-electron chi connectivity index (χ4n) is 2.43. The molecular formula is C15H27N3O2S. The van der Waals surface area contributed by atoms with Gasteiger partial charge < -0.3 is 9.88 Å². The van der Waals surface area contributed by atoms with Gasteiger partial charge in [0.05, 0.1) is 4.90 Å². The second-order valence-electron chi connectivity index (χ2n) is 6.24. The molecule has 0 aromatic carbocycles. The first-order valence-electron chi connectivity index (χ1n) is 7.78. The molecule has 1 aliphatic rings. The average molecular weight is 313 g/mol. The van der Waals surface area contributed by atoms with Crippen molar-refractivity contribution in [3.63, 3.8) is 0 Å². The van der Waals surface area contributed by atoms with Gasteiger partial charge in [0.25, 0.3) is 0 Å². The Kier molecular flexibility index (Phi) is 5.11. The normalized spacial score (nSPS) is 17.4. The third-order valence-electron chi connectivity index (χ3n) is 3.97. The highest BCUT2D eigenvalue weighted by Crippen LogP contribution is 2.33. The Bertz CT molecular complexity index is 574. The number of hydrogen-bond donors (Lipinski definition) is 2. The summed E-state index contributed by atoms with van der Waals surface area (Å²) < 4.78 is 29.7. The molecule has 1 heterocycles. The van der Waals surface area contributed by atoms with Crippen molar-refractivity contribution in [3.05, 3.63) is 18.0 Å². The lowest BCUT2D eigenvalue weighted by Gasteiger charge is -2.11. The van der Waals surface area contributed by atoms with E-state index < -0.39 is 10.0 Å². The molecule has 0 saturated heterocycles. The molecule has 1 atom stereocenters. The van der Waals surface area contributed by atoms with Gasteiger partial charge in [-0.25, -0.2) is 13.1 Å². The molecule has 0 radical (unpaired) electrons. The van der Waals surface area contributed by atoms with E-state index in [0.717, 1.165) is 25.1 Å². The van der Waals surface area contributed by atoms with Crippen LogP contribution < -0.4 is 10.0 Å². The van der Waals surface area contributed by atoms with E-state index in [1.54, 1.807) is 12.3 Å². The third kappa shape index (κ3) is 4.31. The smallest absolute Gasteiger partial charge is 0.242 e. The number of aryl methyl sites for hydroxylation is 1. The first-order valence-corrected chi connectivity index (χ1v) is 9.26. The van der Waals surface area contributed by atoms with Gasteiger partial charge in [0.2, 0.25) is 10.0 Å². The van der Waals surface area contributed by atoms with Gasteiger partial charge in [-0.2, -0.15) is 0 Å². The fourth-order valence-corrected chi connectivity index (χ4v) is 3.80. The van der Waals surface area contributed by atoms with Gasteiger partial charge in [0, 0.05) is 37.1 Å². The number of sulfonamides is 1. The summed E-state index contributed by atoms with van der Waals surface area (Å²) in [5, 5.41) is 3.33. The quantitative estimate of drug-likeness (QED) is 0.772. The van der Waals surface area contributed by atoms with Gasteiger partial charge in [0.15, 0.2) is 0 Å². The van der Waals surface area contributed by atoms with Crippen LogP contribution in [0.25, 0.3) is 0 Å². The number of nitrogens with one attached hydrogen (secondary N) is 2. The topological polar surface area (TPSA) is 63.1 Å². The molecule has 21 heavy (non-hydrogen) atoms. The monoisotopic (exact) mass is 313 g/mol. The van der Waals surface area contributed by atoms with Gasteiger partial charge in [-0.1, -0.05) is 13.8 Å². The Morgan fingerprint density at radius 1 is 1.33 bits per heavy atom. The zero-order valence-electron chi connectivity index (χ0n) is 13.4. The Hall–Kier alpha value is -0.850. The van der Waals surface area contributed by atoms with Crippen LogP contribution in [-0.4, -0.2) is 25.1 Å². The van der Waals surface area contributed by atoms with Gasteiger partial charge in [-0.05, 0) is 38.7 Å². The standard InChI is InChI=1S/C15H27N3O2S/c1-5-18-10-15(8-14(18)9-16-11(2)3)21(19,20)17-12(4)13-6-7-13/h8,10-13,16-17H,5-7,9H2,1-4H3. The molecule has 2 N–H and O–H groups in total. The maximum atomic E-state index is 12.4. The molecule has 1 saturated carbocycles. The largest absolute Gasteiger partial charge is 0.349 e. The van der Waals surface area contributed by atoms with Gasteiger partial charge in [-0.15, -0.1) is 0 Å². The molecule has 0 spiro atoms. The Morgan fingerprint density at radius 3 is 2.52 bits per heavy atom. The van der Waals surface area contributed by atoms with Crippen LogP contribution in [0.1, 0.15) is 46.2 Å². The van der Waals surface area contributed by atoms with E-state index in [-0.39, 0.29) is 6.04 Å². The molecule has 1 aliphatic carbocycles. The minimum absolute atomic E-state index is 0.0252. The minimum atomic E-state index is -3.41. The molecule has 1 unspecified atom stereocenters. The van der Waals surface area contributed by atoms with Crippen LogP contribution in [-0.2, 0) is 23.1 Å². The zero-order chi connectivity index (χ0) is 15.6. The summed E-state index contributed by atoms with van der Waals surface area (Å²) in [6.07, 6.45) is 3.99. The molecule has 5 nitrogen and oxygen atoms in total. The van der Waals surface area contributed by atoms with E-state index in [9.17, 15) is 8.42 Å². The highest BCUT2D eigenvalue weighted by molar-refractivity contribution is 7.89. The number of aromatic nitrogens is 1. The lowest BCUT2D eigenvalue weighted by Crippen LogP contribution is -2.33. The van der Waals surface area contributed by atoms with E-state index in [1.807, 2.05) is 18.4 Å². The van der Waals surface area contributed by atoms with Gasteiger partial charge >= 0.3 is 0 Å². The molecule has 6 heteroatoms. The molecule has 1 fully saturated rings. The van der Waals surface area contributed by atoms with Crippen LogP contribution in [0, 0.1) is 5.92 Å². The fraction of sp³-hybridized carbons (Fsp3) is 0.733. The van der Waals surface area contributed by atoms with Crippen LogP contribution in [0.15, 0.2) is 17.2 Å². The summed E-state index contributed by atoms with van der Waals surface area (Å²) in [4.78, 5) is 0.373. The van der Waals surface area contributed by atoms with E-state index in [4.69, 9.17) is 0 Å². The van der Waals surface area contributed by atoms with Crippen LogP contribution in [0.5, 0.6) is 0 Å². The van der Waals surface area contributed by atoms with Crippen LogP contribution >= 0.6 is 0 Å². The van der Waals surface area contributed by atoms with E-state index in [2.05, 4.69) is 23.9 Å². The summed E-state index contributed by atoms with van der Waals surface area (Å²) in [5.41, 5.74) is 1.01. The van der Waals surface area contributed by atoms with Crippen molar-refractivity contribution < 1.29 is 8.42 Å². The summed E-state index contributed by atoms with van der Waals surface area (Å²) in [7, 11) is -3.41. The van der Waals surface area contributed by atoms with E-state index >= 15 is 0 Å². The SMILES string of the molecule is CCn1cc(S(=O)(=O)NC(C)C2CC2)cc1CNC(C)C. The summed E-state index contributed by atoms with van der Waals surface area (Å²) >= 11 is 0. The van der Waals surface area contributed by atoms with Crippen molar-refractivity contribution in [1.29, 1.82) is 0 Å². The van der Waals surface area contributed by atoms with Crippen molar-refractivity contribution in [2.75, 3.05) is 0 Å². The molecular weight excluding hydrogens is 286 g/mol. The number of nitrogens with zero attached hydrogens (tertiary/aromatic N) is 1.